The maximum absolute atomic E-state index is 14.3. The van der Waals surface area contributed by atoms with Crippen LogP contribution in [0.15, 0.2) is 18.2 Å². The molecule has 0 aliphatic heterocycles. The summed E-state index contributed by atoms with van der Waals surface area (Å²) < 4.78 is 29.6. The van der Waals surface area contributed by atoms with Gasteiger partial charge >= 0.3 is 0 Å². The molecule has 154 valence electrons. The molecule has 9 heteroatoms. The second-order valence-electron chi connectivity index (χ2n) is 6.37. The molecule has 0 bridgehead atoms. The largest absolute Gasteiger partial charge is 0.382 e. The van der Waals surface area contributed by atoms with Gasteiger partial charge in [0, 0.05) is 6.54 Å². The van der Waals surface area contributed by atoms with Crippen LogP contribution in [0, 0.1) is 23.5 Å². The fraction of sp³-hybridized carbons (Fsp3) is 0.350. The topological polar surface area (TPSA) is 89.9 Å². The maximum Gasteiger partial charge on any atom is 0.209 e. The number of aliphatic hydroxyl groups is 1. The summed E-state index contributed by atoms with van der Waals surface area (Å²) in [4.78, 5) is 12.9. The molecular weight excluding hydrogens is 400 g/mol. The first-order valence-corrected chi connectivity index (χ1v) is 9.07. The van der Waals surface area contributed by atoms with Crippen LogP contribution >= 0.6 is 12.4 Å². The standard InChI is InChI=1S/C20H21F2N5O.ClH/c1-4-20(28,5-2)11-10-14-24-17(23)16-19(25-14)27(6-3)18(26-16)12-8-7-9-13(21)15(12)22;/h7-9,28H,4-6H2,1-3H3,(H2,23,24,25);1H. The molecule has 29 heavy (non-hydrogen) atoms. The normalized spacial score (nSPS) is 11.1. The highest BCUT2D eigenvalue weighted by molar-refractivity contribution is 5.86. The number of anilines is 1. The zero-order chi connectivity index (χ0) is 20.5. The number of hydrogen-bond donors (Lipinski definition) is 2. The molecule has 0 aliphatic carbocycles. The molecule has 3 N–H and O–H groups in total. The number of rotatable bonds is 4. The van der Waals surface area contributed by atoms with Gasteiger partial charge in [-0.2, -0.15) is 0 Å². The van der Waals surface area contributed by atoms with E-state index in [1.165, 1.54) is 12.1 Å². The van der Waals surface area contributed by atoms with Crippen molar-refractivity contribution < 1.29 is 13.9 Å². The third-order valence-electron chi connectivity index (χ3n) is 4.71. The van der Waals surface area contributed by atoms with Crippen molar-refractivity contribution in [3.63, 3.8) is 0 Å². The number of benzene rings is 1. The van der Waals surface area contributed by atoms with Gasteiger partial charge in [0.1, 0.15) is 11.4 Å². The van der Waals surface area contributed by atoms with Crippen LogP contribution in [0.25, 0.3) is 22.6 Å². The van der Waals surface area contributed by atoms with Crippen molar-refractivity contribution in [3.8, 4) is 23.2 Å². The van der Waals surface area contributed by atoms with E-state index in [1.807, 2.05) is 20.8 Å². The first-order valence-electron chi connectivity index (χ1n) is 9.07. The minimum absolute atomic E-state index is 0. The molecule has 0 saturated heterocycles. The Balaban J connectivity index is 0.00000300. The molecule has 0 unspecified atom stereocenters. The summed E-state index contributed by atoms with van der Waals surface area (Å²) in [5.74, 6) is 4.01. The average molecular weight is 422 g/mol. The smallest absolute Gasteiger partial charge is 0.209 e. The lowest BCUT2D eigenvalue weighted by Gasteiger charge is -2.16. The first-order chi connectivity index (χ1) is 13.3. The molecule has 0 amide bonds. The van der Waals surface area contributed by atoms with Crippen molar-refractivity contribution in [3.05, 3.63) is 35.7 Å². The van der Waals surface area contributed by atoms with Gasteiger partial charge in [-0.05, 0) is 37.8 Å². The number of fused-ring (bicyclic) bond motifs is 1. The SMILES string of the molecule is CCn1c(-c2cccc(F)c2F)nc2c(N)nc(C#CC(O)(CC)CC)nc21.Cl. The first kappa shape index (κ1) is 22.5. The lowest BCUT2D eigenvalue weighted by Crippen LogP contribution is -2.23. The highest BCUT2D eigenvalue weighted by Crippen LogP contribution is 2.29. The zero-order valence-electron chi connectivity index (χ0n) is 16.3. The van der Waals surface area contributed by atoms with E-state index in [-0.39, 0.29) is 41.0 Å². The molecule has 0 spiro atoms. The molecule has 6 nitrogen and oxygen atoms in total. The molecule has 2 heterocycles. The Morgan fingerprint density at radius 2 is 1.83 bits per heavy atom. The number of halogens is 3. The van der Waals surface area contributed by atoms with Crippen molar-refractivity contribution in [1.82, 2.24) is 19.5 Å². The molecule has 0 atom stereocenters. The summed E-state index contributed by atoms with van der Waals surface area (Å²) in [7, 11) is 0. The predicted octanol–water partition coefficient (Wildman–Crippen LogP) is 3.70. The van der Waals surface area contributed by atoms with Gasteiger partial charge in [0.25, 0.3) is 0 Å². The van der Waals surface area contributed by atoms with Crippen LogP contribution < -0.4 is 5.73 Å². The number of nitrogen functional groups attached to an aromatic ring is 1. The van der Waals surface area contributed by atoms with Gasteiger partial charge in [0.05, 0.1) is 5.56 Å². The van der Waals surface area contributed by atoms with Crippen molar-refractivity contribution in [1.29, 1.82) is 0 Å². The third kappa shape index (κ3) is 4.16. The Bertz CT molecular complexity index is 1100. The summed E-state index contributed by atoms with van der Waals surface area (Å²) in [5.41, 5.74) is 5.55. The Morgan fingerprint density at radius 3 is 2.45 bits per heavy atom. The van der Waals surface area contributed by atoms with Gasteiger partial charge < -0.3 is 15.4 Å². The van der Waals surface area contributed by atoms with Gasteiger partial charge in [0.15, 0.2) is 28.6 Å². The molecule has 3 rings (SSSR count). The van der Waals surface area contributed by atoms with E-state index in [9.17, 15) is 13.9 Å². The van der Waals surface area contributed by atoms with E-state index in [0.29, 0.717) is 25.0 Å². The highest BCUT2D eigenvalue weighted by Gasteiger charge is 2.21. The molecule has 0 fully saturated rings. The lowest BCUT2D eigenvalue weighted by atomic mass is 9.98. The number of aryl methyl sites for hydroxylation is 1. The number of imidazole rings is 1. The summed E-state index contributed by atoms with van der Waals surface area (Å²) in [6, 6.07) is 3.90. The van der Waals surface area contributed by atoms with Crippen LogP contribution in [0.2, 0.25) is 0 Å². The number of aromatic nitrogens is 4. The van der Waals surface area contributed by atoms with E-state index in [0.717, 1.165) is 6.07 Å². The summed E-state index contributed by atoms with van der Waals surface area (Å²) in [6.07, 6.45) is 0.925. The summed E-state index contributed by atoms with van der Waals surface area (Å²) in [5, 5.41) is 10.3. The van der Waals surface area contributed by atoms with Gasteiger partial charge in [-0.3, -0.25) is 0 Å². The fourth-order valence-electron chi connectivity index (χ4n) is 2.86. The number of nitrogens with zero attached hydrogens (tertiary/aromatic N) is 4. The average Bonchev–Trinajstić information content (AvgIpc) is 3.07. The highest BCUT2D eigenvalue weighted by atomic mass is 35.5. The van der Waals surface area contributed by atoms with E-state index >= 15 is 0 Å². The van der Waals surface area contributed by atoms with Crippen LogP contribution in [0.1, 0.15) is 39.4 Å². The summed E-state index contributed by atoms with van der Waals surface area (Å²) >= 11 is 0. The minimum atomic E-state index is -1.13. The lowest BCUT2D eigenvalue weighted by molar-refractivity contribution is 0.0931. The molecular formula is C20H22ClF2N5O. The van der Waals surface area contributed by atoms with Gasteiger partial charge in [-0.15, -0.1) is 12.4 Å². The van der Waals surface area contributed by atoms with Crippen LogP contribution in [-0.4, -0.2) is 30.2 Å². The van der Waals surface area contributed by atoms with E-state index in [1.54, 1.807) is 4.57 Å². The molecule has 0 radical (unpaired) electrons. The monoisotopic (exact) mass is 421 g/mol. The van der Waals surface area contributed by atoms with Gasteiger partial charge in [0.2, 0.25) is 5.82 Å². The molecule has 0 saturated carbocycles. The number of hydrogen-bond acceptors (Lipinski definition) is 5. The summed E-state index contributed by atoms with van der Waals surface area (Å²) in [6.45, 7) is 5.91. The maximum atomic E-state index is 14.3. The Labute approximate surface area is 173 Å². The zero-order valence-corrected chi connectivity index (χ0v) is 17.1. The minimum Gasteiger partial charge on any atom is -0.382 e. The predicted molar refractivity (Wildman–Crippen MR) is 110 cm³/mol. The molecule has 0 aliphatic rings. The Hall–Kier alpha value is -2.76. The second-order valence-corrected chi connectivity index (χ2v) is 6.37. The third-order valence-corrected chi connectivity index (χ3v) is 4.71. The fourth-order valence-corrected chi connectivity index (χ4v) is 2.86. The van der Waals surface area contributed by atoms with Crippen LogP contribution in [0.4, 0.5) is 14.6 Å². The van der Waals surface area contributed by atoms with Gasteiger partial charge in [-0.1, -0.05) is 25.8 Å². The van der Waals surface area contributed by atoms with Crippen molar-refractivity contribution in [2.24, 2.45) is 0 Å². The van der Waals surface area contributed by atoms with Crippen LogP contribution in [0.5, 0.6) is 0 Å². The number of nitrogens with two attached hydrogens (primary N) is 1. The quantitative estimate of drug-likeness (QED) is 0.627. The van der Waals surface area contributed by atoms with Crippen molar-refractivity contribution >= 4 is 29.4 Å². The van der Waals surface area contributed by atoms with Gasteiger partial charge in [-0.25, -0.2) is 23.7 Å². The molecule has 1 aromatic carbocycles. The van der Waals surface area contributed by atoms with E-state index in [2.05, 4.69) is 26.8 Å². The Morgan fingerprint density at radius 1 is 1.14 bits per heavy atom. The van der Waals surface area contributed by atoms with Crippen molar-refractivity contribution in [2.45, 2.75) is 45.8 Å². The van der Waals surface area contributed by atoms with E-state index in [4.69, 9.17) is 5.73 Å². The Kier molecular flexibility index (Phi) is 6.77. The molecule has 3 aromatic rings. The van der Waals surface area contributed by atoms with Crippen molar-refractivity contribution in [2.75, 3.05) is 5.73 Å². The second kappa shape index (κ2) is 8.72. The van der Waals surface area contributed by atoms with Crippen LogP contribution in [0.3, 0.4) is 0 Å². The van der Waals surface area contributed by atoms with E-state index < -0.39 is 17.2 Å². The molecule has 2 aromatic heterocycles. The van der Waals surface area contributed by atoms with Crippen LogP contribution in [-0.2, 0) is 6.54 Å².